The van der Waals surface area contributed by atoms with E-state index in [1.165, 1.54) is 50.1 Å². The molecule has 0 saturated carbocycles. The summed E-state index contributed by atoms with van der Waals surface area (Å²) in [7, 11) is 1.76. The van der Waals surface area contributed by atoms with Gasteiger partial charge in [0.15, 0.2) is 0 Å². The van der Waals surface area contributed by atoms with Crippen molar-refractivity contribution in [2.45, 2.75) is 26.3 Å². The van der Waals surface area contributed by atoms with E-state index in [1.807, 2.05) is 0 Å². The van der Waals surface area contributed by atoms with Crippen LogP contribution in [0.15, 0.2) is 18.2 Å². The molecule has 3 rings (SSSR count). The Morgan fingerprint density at radius 3 is 3.00 bits per heavy atom. The molecule has 1 unspecified atom stereocenters. The average Bonchev–Trinajstić information content (AvgIpc) is 3.01. The zero-order valence-corrected chi connectivity index (χ0v) is 12.0. The quantitative estimate of drug-likeness (QED) is 0.901. The van der Waals surface area contributed by atoms with Gasteiger partial charge in [-0.1, -0.05) is 17.7 Å². The number of rotatable bonds is 3. The molecular weight excluding hydrogens is 236 g/mol. The van der Waals surface area contributed by atoms with E-state index in [1.54, 1.807) is 7.11 Å². The van der Waals surface area contributed by atoms with Gasteiger partial charge in [-0.15, -0.1) is 0 Å². The van der Waals surface area contributed by atoms with Crippen molar-refractivity contribution in [3.05, 3.63) is 29.3 Å². The lowest BCUT2D eigenvalue weighted by molar-refractivity contribution is 0.265. The highest BCUT2D eigenvalue weighted by Crippen LogP contribution is 2.37. The first-order valence-corrected chi connectivity index (χ1v) is 7.27. The Balaban J connectivity index is 1.70. The number of hydrogen-bond acceptors (Lipinski definition) is 3. The summed E-state index contributed by atoms with van der Waals surface area (Å²) in [6.07, 6.45) is 2.68. The van der Waals surface area contributed by atoms with Crippen LogP contribution in [0.1, 0.15) is 24.0 Å². The van der Waals surface area contributed by atoms with Crippen molar-refractivity contribution in [3.8, 4) is 5.75 Å². The van der Waals surface area contributed by atoms with E-state index in [9.17, 15) is 0 Å². The first kappa shape index (κ1) is 12.9. The third kappa shape index (κ3) is 2.63. The maximum Gasteiger partial charge on any atom is 0.123 e. The Morgan fingerprint density at radius 2 is 2.26 bits per heavy atom. The minimum Gasteiger partial charge on any atom is -0.496 e. The molecule has 0 aliphatic carbocycles. The fraction of sp³-hybridized carbons (Fsp3) is 0.625. The van der Waals surface area contributed by atoms with Crippen molar-refractivity contribution in [2.75, 3.05) is 33.3 Å². The third-order valence-electron chi connectivity index (χ3n) is 4.68. The first-order valence-electron chi connectivity index (χ1n) is 7.27. The van der Waals surface area contributed by atoms with Crippen LogP contribution in [0.25, 0.3) is 0 Å². The number of likely N-dealkylation sites (tertiary alicyclic amines) is 1. The van der Waals surface area contributed by atoms with E-state index in [0.717, 1.165) is 12.3 Å². The normalized spacial score (nSPS) is 27.3. The Hall–Kier alpha value is -1.06. The zero-order valence-electron chi connectivity index (χ0n) is 12.0. The average molecular weight is 260 g/mol. The largest absolute Gasteiger partial charge is 0.496 e. The molecule has 0 amide bonds. The number of aryl methyl sites for hydroxylation is 1. The molecule has 1 N–H and O–H groups in total. The second-order valence-corrected chi connectivity index (χ2v) is 6.20. The van der Waals surface area contributed by atoms with Crippen molar-refractivity contribution in [1.29, 1.82) is 0 Å². The lowest BCUT2D eigenvalue weighted by Gasteiger charge is -2.23. The Bertz CT molecular complexity index is 452. The highest BCUT2D eigenvalue weighted by molar-refractivity contribution is 5.36. The van der Waals surface area contributed by atoms with Gasteiger partial charge < -0.3 is 10.1 Å². The predicted molar refractivity (Wildman–Crippen MR) is 77.5 cm³/mol. The smallest absolute Gasteiger partial charge is 0.123 e. The van der Waals surface area contributed by atoms with Crippen molar-refractivity contribution in [2.24, 2.45) is 5.41 Å². The Kier molecular flexibility index (Phi) is 3.50. The van der Waals surface area contributed by atoms with Crippen molar-refractivity contribution >= 4 is 0 Å². The molecule has 3 heteroatoms. The molecule has 104 valence electrons. The van der Waals surface area contributed by atoms with Gasteiger partial charge in [0.05, 0.1) is 7.11 Å². The molecule has 2 heterocycles. The van der Waals surface area contributed by atoms with Gasteiger partial charge in [0.2, 0.25) is 0 Å². The molecular formula is C16H24N2O. The highest BCUT2D eigenvalue weighted by atomic mass is 16.5. The molecule has 0 bridgehead atoms. The molecule has 0 radical (unpaired) electrons. The summed E-state index contributed by atoms with van der Waals surface area (Å²) < 4.78 is 5.49. The van der Waals surface area contributed by atoms with Crippen LogP contribution >= 0.6 is 0 Å². The monoisotopic (exact) mass is 260 g/mol. The molecule has 1 aromatic carbocycles. The van der Waals surface area contributed by atoms with Crippen LogP contribution < -0.4 is 10.1 Å². The van der Waals surface area contributed by atoms with E-state index in [-0.39, 0.29) is 0 Å². The van der Waals surface area contributed by atoms with Gasteiger partial charge in [0.1, 0.15) is 5.75 Å². The van der Waals surface area contributed by atoms with E-state index < -0.39 is 0 Å². The van der Waals surface area contributed by atoms with E-state index in [0.29, 0.717) is 5.41 Å². The molecule has 0 aromatic heterocycles. The van der Waals surface area contributed by atoms with Crippen LogP contribution in [-0.4, -0.2) is 38.2 Å². The van der Waals surface area contributed by atoms with Crippen molar-refractivity contribution in [1.82, 2.24) is 10.2 Å². The molecule has 1 atom stereocenters. The molecule has 2 fully saturated rings. The van der Waals surface area contributed by atoms with E-state index in [2.05, 4.69) is 35.3 Å². The number of nitrogens with zero attached hydrogens (tertiary/aromatic N) is 1. The molecule has 2 aliphatic rings. The van der Waals surface area contributed by atoms with Gasteiger partial charge in [0, 0.05) is 25.2 Å². The number of methoxy groups -OCH3 is 1. The van der Waals surface area contributed by atoms with Gasteiger partial charge in [-0.3, -0.25) is 4.90 Å². The summed E-state index contributed by atoms with van der Waals surface area (Å²) in [5, 5.41) is 3.52. The van der Waals surface area contributed by atoms with Gasteiger partial charge in [0.25, 0.3) is 0 Å². The van der Waals surface area contributed by atoms with Crippen LogP contribution in [0.3, 0.4) is 0 Å². The number of nitrogens with one attached hydrogen (secondary N) is 1. The van der Waals surface area contributed by atoms with Gasteiger partial charge in [-0.25, -0.2) is 0 Å². The second kappa shape index (κ2) is 5.14. The number of benzene rings is 1. The van der Waals surface area contributed by atoms with Crippen LogP contribution in [0.2, 0.25) is 0 Å². The summed E-state index contributed by atoms with van der Waals surface area (Å²) >= 11 is 0. The second-order valence-electron chi connectivity index (χ2n) is 6.20. The van der Waals surface area contributed by atoms with Crippen LogP contribution in [0, 0.1) is 12.3 Å². The molecule has 1 aromatic rings. The number of ether oxygens (including phenoxy) is 1. The zero-order chi connectivity index (χ0) is 13.3. The SMILES string of the molecule is COc1ccc(C)cc1CN1CCC2(CCNC2)C1. The van der Waals surface area contributed by atoms with Crippen LogP contribution in [0.5, 0.6) is 5.75 Å². The molecule has 3 nitrogen and oxygen atoms in total. The summed E-state index contributed by atoms with van der Waals surface area (Å²) in [6, 6.07) is 6.47. The fourth-order valence-corrected chi connectivity index (χ4v) is 3.58. The molecule has 1 spiro atoms. The summed E-state index contributed by atoms with van der Waals surface area (Å²) in [5.41, 5.74) is 3.19. The van der Waals surface area contributed by atoms with Crippen LogP contribution in [0.4, 0.5) is 0 Å². The molecule has 2 aliphatic heterocycles. The van der Waals surface area contributed by atoms with Crippen LogP contribution in [-0.2, 0) is 6.54 Å². The van der Waals surface area contributed by atoms with Gasteiger partial charge in [-0.2, -0.15) is 0 Å². The summed E-state index contributed by atoms with van der Waals surface area (Å²) in [5.74, 6) is 1.02. The standard InChI is InChI=1S/C16H24N2O/c1-13-3-4-15(19-2)14(9-13)10-18-8-6-16(12-18)5-7-17-11-16/h3-4,9,17H,5-8,10-12H2,1-2H3. The first-order chi connectivity index (χ1) is 9.21. The molecule has 19 heavy (non-hydrogen) atoms. The lowest BCUT2D eigenvalue weighted by Crippen LogP contribution is -2.29. The predicted octanol–water partition coefficient (Wildman–Crippen LogP) is 2.19. The highest BCUT2D eigenvalue weighted by Gasteiger charge is 2.40. The lowest BCUT2D eigenvalue weighted by atomic mass is 9.86. The van der Waals surface area contributed by atoms with E-state index >= 15 is 0 Å². The topological polar surface area (TPSA) is 24.5 Å². The van der Waals surface area contributed by atoms with Crippen molar-refractivity contribution in [3.63, 3.8) is 0 Å². The van der Waals surface area contributed by atoms with Gasteiger partial charge >= 0.3 is 0 Å². The number of hydrogen-bond donors (Lipinski definition) is 1. The summed E-state index contributed by atoms with van der Waals surface area (Å²) in [4.78, 5) is 2.59. The molecule has 2 saturated heterocycles. The maximum atomic E-state index is 5.49. The van der Waals surface area contributed by atoms with E-state index in [4.69, 9.17) is 4.74 Å². The Morgan fingerprint density at radius 1 is 1.37 bits per heavy atom. The maximum absolute atomic E-state index is 5.49. The minimum absolute atomic E-state index is 0.553. The van der Waals surface area contributed by atoms with Gasteiger partial charge in [-0.05, 0) is 44.3 Å². The minimum atomic E-state index is 0.553. The van der Waals surface area contributed by atoms with Crippen molar-refractivity contribution < 1.29 is 4.74 Å². The Labute approximate surface area is 115 Å². The third-order valence-corrected chi connectivity index (χ3v) is 4.68. The summed E-state index contributed by atoms with van der Waals surface area (Å²) in [6.45, 7) is 8.02. The fourth-order valence-electron chi connectivity index (χ4n) is 3.58.